The number of carboxylic acid groups (broad SMARTS) is 1. The average Bonchev–Trinajstić information content (AvgIpc) is 2.80. The van der Waals surface area contributed by atoms with E-state index in [-0.39, 0.29) is 18.5 Å². The van der Waals surface area contributed by atoms with Crippen LogP contribution in [0, 0.1) is 0 Å². The number of aliphatic carboxylic acids is 1. The van der Waals surface area contributed by atoms with Gasteiger partial charge in [0.05, 0.1) is 6.04 Å². The zero-order chi connectivity index (χ0) is 23.4. The van der Waals surface area contributed by atoms with Gasteiger partial charge in [-0.25, -0.2) is 0 Å². The molecule has 5 heteroatoms. The summed E-state index contributed by atoms with van der Waals surface area (Å²) < 4.78 is 0. The largest absolute Gasteiger partial charge is 0.480 e. The molecule has 0 aromatic heterocycles. The van der Waals surface area contributed by atoms with E-state index in [4.69, 9.17) is 5.11 Å². The van der Waals surface area contributed by atoms with Crippen LogP contribution in [-0.2, 0) is 16.0 Å². The standard InChI is InChI=1S/C27H46N2O3/c1-3-5-7-9-11-16-20-29(21-17-12-10-8-6-4-2)25(27(32)28-23-26(30)31)22-24-18-14-13-15-19-24/h13-15,18-19,25H,3-12,16-17,20-23H2,1-2H3,(H,28,32)(H,30,31)/t25-/m0/s1. The summed E-state index contributed by atoms with van der Waals surface area (Å²) in [5.41, 5.74) is 1.11. The number of hydrogen-bond donors (Lipinski definition) is 2. The van der Waals surface area contributed by atoms with E-state index in [1.807, 2.05) is 30.3 Å². The van der Waals surface area contributed by atoms with E-state index in [1.54, 1.807) is 0 Å². The Bertz CT molecular complexity index is 590. The van der Waals surface area contributed by atoms with Gasteiger partial charge in [-0.2, -0.15) is 0 Å². The number of nitrogens with zero attached hydrogens (tertiary/aromatic N) is 1. The Balaban J connectivity index is 2.78. The summed E-state index contributed by atoms with van der Waals surface area (Å²) in [6.07, 6.45) is 15.2. The third-order valence-corrected chi connectivity index (χ3v) is 6.03. The second-order valence-electron chi connectivity index (χ2n) is 8.89. The normalized spacial score (nSPS) is 12.1. The van der Waals surface area contributed by atoms with Gasteiger partial charge in [0.15, 0.2) is 0 Å². The molecular formula is C27H46N2O3. The molecule has 1 aromatic rings. The molecule has 1 atom stereocenters. The molecule has 182 valence electrons. The Morgan fingerprint density at radius 1 is 0.812 bits per heavy atom. The second-order valence-corrected chi connectivity index (χ2v) is 8.89. The van der Waals surface area contributed by atoms with Crippen molar-refractivity contribution in [2.45, 2.75) is 103 Å². The lowest BCUT2D eigenvalue weighted by atomic mass is 10.0. The van der Waals surface area contributed by atoms with Crippen molar-refractivity contribution in [3.05, 3.63) is 35.9 Å². The van der Waals surface area contributed by atoms with Crippen molar-refractivity contribution in [1.29, 1.82) is 0 Å². The van der Waals surface area contributed by atoms with Crippen LogP contribution < -0.4 is 5.32 Å². The fourth-order valence-electron chi connectivity index (χ4n) is 4.12. The lowest BCUT2D eigenvalue weighted by Crippen LogP contribution is -2.50. The highest BCUT2D eigenvalue weighted by Crippen LogP contribution is 2.15. The van der Waals surface area contributed by atoms with E-state index in [9.17, 15) is 9.59 Å². The third-order valence-electron chi connectivity index (χ3n) is 6.03. The maximum absolute atomic E-state index is 13.0. The average molecular weight is 447 g/mol. The molecule has 1 amide bonds. The number of carbonyl (C=O) groups is 2. The van der Waals surface area contributed by atoms with E-state index in [0.29, 0.717) is 6.42 Å². The third kappa shape index (κ3) is 13.5. The van der Waals surface area contributed by atoms with Crippen LogP contribution in [0.2, 0.25) is 0 Å². The predicted molar refractivity (Wildman–Crippen MR) is 133 cm³/mol. The first-order valence-corrected chi connectivity index (χ1v) is 12.9. The van der Waals surface area contributed by atoms with Crippen LogP contribution in [0.15, 0.2) is 30.3 Å². The van der Waals surface area contributed by atoms with Crippen LogP contribution in [0.3, 0.4) is 0 Å². The van der Waals surface area contributed by atoms with E-state index in [2.05, 4.69) is 24.1 Å². The number of carboxylic acids is 1. The molecule has 2 N–H and O–H groups in total. The minimum atomic E-state index is -1.00. The van der Waals surface area contributed by atoms with Gasteiger partial charge >= 0.3 is 5.97 Å². The molecule has 1 rings (SSSR count). The van der Waals surface area contributed by atoms with Gasteiger partial charge in [-0.15, -0.1) is 0 Å². The number of unbranched alkanes of at least 4 members (excludes halogenated alkanes) is 10. The number of carbonyl (C=O) groups excluding carboxylic acids is 1. The minimum Gasteiger partial charge on any atom is -0.480 e. The Kier molecular flexibility index (Phi) is 16.4. The summed E-state index contributed by atoms with van der Waals surface area (Å²) in [6, 6.07) is 9.73. The summed E-state index contributed by atoms with van der Waals surface area (Å²) in [6.45, 7) is 5.91. The van der Waals surface area contributed by atoms with E-state index in [0.717, 1.165) is 31.5 Å². The Morgan fingerprint density at radius 2 is 1.31 bits per heavy atom. The molecule has 32 heavy (non-hydrogen) atoms. The summed E-state index contributed by atoms with van der Waals surface area (Å²) >= 11 is 0. The molecule has 0 spiro atoms. The maximum Gasteiger partial charge on any atom is 0.322 e. The summed E-state index contributed by atoms with van der Waals surface area (Å²) in [7, 11) is 0. The molecule has 0 bridgehead atoms. The first-order chi connectivity index (χ1) is 15.6. The van der Waals surface area contributed by atoms with Gasteiger partial charge in [-0.05, 0) is 37.9 Å². The predicted octanol–water partition coefficient (Wildman–Crippen LogP) is 5.82. The summed E-state index contributed by atoms with van der Waals surface area (Å²) in [5.74, 6) is -1.18. The van der Waals surface area contributed by atoms with Crippen LogP contribution in [0.5, 0.6) is 0 Å². The molecule has 0 saturated carbocycles. The van der Waals surface area contributed by atoms with Gasteiger partial charge in [-0.3, -0.25) is 14.5 Å². The molecule has 0 saturated heterocycles. The number of benzene rings is 1. The van der Waals surface area contributed by atoms with Crippen LogP contribution in [0.1, 0.15) is 96.5 Å². The van der Waals surface area contributed by atoms with Crippen molar-refractivity contribution in [2.75, 3.05) is 19.6 Å². The van der Waals surface area contributed by atoms with Crippen LogP contribution >= 0.6 is 0 Å². The van der Waals surface area contributed by atoms with Gasteiger partial charge < -0.3 is 10.4 Å². The van der Waals surface area contributed by atoms with Crippen molar-refractivity contribution in [1.82, 2.24) is 10.2 Å². The van der Waals surface area contributed by atoms with Gasteiger partial charge in [0, 0.05) is 0 Å². The lowest BCUT2D eigenvalue weighted by molar-refractivity contribution is -0.138. The highest BCUT2D eigenvalue weighted by atomic mass is 16.4. The molecule has 0 heterocycles. The first-order valence-electron chi connectivity index (χ1n) is 12.9. The summed E-state index contributed by atoms with van der Waals surface area (Å²) in [5, 5.41) is 11.7. The van der Waals surface area contributed by atoms with Gasteiger partial charge in [0.25, 0.3) is 0 Å². The maximum atomic E-state index is 13.0. The van der Waals surface area contributed by atoms with Gasteiger partial charge in [0.1, 0.15) is 6.54 Å². The molecular weight excluding hydrogens is 400 g/mol. The molecule has 0 fully saturated rings. The van der Waals surface area contributed by atoms with E-state index in [1.165, 1.54) is 64.2 Å². The second kappa shape index (κ2) is 18.7. The molecule has 1 aromatic carbocycles. The number of nitrogens with one attached hydrogen (secondary N) is 1. The van der Waals surface area contributed by atoms with E-state index >= 15 is 0 Å². The topological polar surface area (TPSA) is 69.6 Å². The van der Waals surface area contributed by atoms with Crippen LogP contribution in [0.25, 0.3) is 0 Å². The van der Waals surface area contributed by atoms with Gasteiger partial charge in [0.2, 0.25) is 5.91 Å². The van der Waals surface area contributed by atoms with Crippen LogP contribution in [0.4, 0.5) is 0 Å². The van der Waals surface area contributed by atoms with Crippen molar-refractivity contribution in [3.63, 3.8) is 0 Å². The smallest absolute Gasteiger partial charge is 0.322 e. The fraction of sp³-hybridized carbons (Fsp3) is 0.704. The van der Waals surface area contributed by atoms with Crippen LogP contribution in [-0.4, -0.2) is 47.6 Å². The molecule has 0 aliphatic rings. The zero-order valence-corrected chi connectivity index (χ0v) is 20.5. The van der Waals surface area contributed by atoms with Gasteiger partial charge in [-0.1, -0.05) is 108 Å². The van der Waals surface area contributed by atoms with E-state index < -0.39 is 5.97 Å². The minimum absolute atomic E-state index is 0.173. The van der Waals surface area contributed by atoms with Crippen molar-refractivity contribution in [2.24, 2.45) is 0 Å². The molecule has 0 aliphatic carbocycles. The number of hydrogen-bond acceptors (Lipinski definition) is 3. The molecule has 0 radical (unpaired) electrons. The molecule has 0 unspecified atom stereocenters. The van der Waals surface area contributed by atoms with Crippen molar-refractivity contribution < 1.29 is 14.7 Å². The highest BCUT2D eigenvalue weighted by molar-refractivity contribution is 5.85. The van der Waals surface area contributed by atoms with Crippen molar-refractivity contribution >= 4 is 11.9 Å². The molecule has 0 aliphatic heterocycles. The highest BCUT2D eigenvalue weighted by Gasteiger charge is 2.26. The van der Waals surface area contributed by atoms with Crippen molar-refractivity contribution in [3.8, 4) is 0 Å². The Morgan fingerprint density at radius 3 is 1.81 bits per heavy atom. The molecule has 5 nitrogen and oxygen atoms in total. The number of amides is 1. The number of rotatable bonds is 20. The monoisotopic (exact) mass is 446 g/mol. The zero-order valence-electron chi connectivity index (χ0n) is 20.5. The SMILES string of the molecule is CCCCCCCCN(CCCCCCCC)[C@@H](Cc1ccccc1)C(=O)NCC(=O)O. The lowest BCUT2D eigenvalue weighted by Gasteiger charge is -2.31. The Hall–Kier alpha value is -1.88. The quantitative estimate of drug-likeness (QED) is 0.248. The first kappa shape index (κ1) is 28.2. The summed E-state index contributed by atoms with van der Waals surface area (Å²) in [4.78, 5) is 26.4. The Labute approximate surface area is 196 Å². The fourth-order valence-corrected chi connectivity index (χ4v) is 4.12.